The smallest absolute Gasteiger partial charge is 0.337 e. The lowest BCUT2D eigenvalue weighted by Gasteiger charge is -2.21. The molecule has 1 N–H and O–H groups in total. The fraction of sp³-hybridized carbons (Fsp3) is 0.125. The van der Waals surface area contributed by atoms with E-state index < -0.39 is 5.97 Å². The standard InChI is InChI=1S/C16H14N2O2/c1-11-3-8-15(14(9-11)16(19)20)18(2)13-6-4-12(10-17)5-7-13/h3-9H,1-2H3,(H,19,20). The van der Waals surface area contributed by atoms with E-state index in [4.69, 9.17) is 5.26 Å². The van der Waals surface area contributed by atoms with Gasteiger partial charge in [-0.15, -0.1) is 0 Å². The maximum Gasteiger partial charge on any atom is 0.337 e. The van der Waals surface area contributed by atoms with Crippen molar-refractivity contribution >= 4 is 17.3 Å². The van der Waals surface area contributed by atoms with E-state index >= 15 is 0 Å². The Morgan fingerprint density at radius 2 is 1.85 bits per heavy atom. The van der Waals surface area contributed by atoms with Crippen LogP contribution >= 0.6 is 0 Å². The Kier molecular flexibility index (Phi) is 3.72. The van der Waals surface area contributed by atoms with Crippen LogP contribution in [-0.2, 0) is 0 Å². The first-order valence-corrected chi connectivity index (χ1v) is 6.11. The summed E-state index contributed by atoms with van der Waals surface area (Å²) in [6.45, 7) is 1.86. The Hall–Kier alpha value is -2.80. The number of hydrogen-bond donors (Lipinski definition) is 1. The largest absolute Gasteiger partial charge is 0.478 e. The molecule has 0 aliphatic rings. The number of carboxylic acid groups (broad SMARTS) is 1. The molecule has 0 bridgehead atoms. The molecule has 0 atom stereocenters. The van der Waals surface area contributed by atoms with Crippen molar-refractivity contribution in [1.82, 2.24) is 0 Å². The number of rotatable bonds is 3. The van der Waals surface area contributed by atoms with Crippen molar-refractivity contribution in [3.05, 3.63) is 59.2 Å². The molecule has 0 aromatic heterocycles. The molecule has 0 heterocycles. The van der Waals surface area contributed by atoms with E-state index in [0.29, 0.717) is 11.3 Å². The molecule has 20 heavy (non-hydrogen) atoms. The zero-order chi connectivity index (χ0) is 14.7. The van der Waals surface area contributed by atoms with Gasteiger partial charge in [0.2, 0.25) is 0 Å². The van der Waals surface area contributed by atoms with Crippen molar-refractivity contribution < 1.29 is 9.90 Å². The molecule has 2 rings (SSSR count). The molecular formula is C16H14N2O2. The molecule has 0 fully saturated rings. The van der Waals surface area contributed by atoms with E-state index in [2.05, 4.69) is 6.07 Å². The first-order valence-electron chi connectivity index (χ1n) is 6.11. The van der Waals surface area contributed by atoms with Gasteiger partial charge in [-0.2, -0.15) is 5.26 Å². The van der Waals surface area contributed by atoms with Gasteiger partial charge in [0.25, 0.3) is 0 Å². The molecule has 4 nitrogen and oxygen atoms in total. The van der Waals surface area contributed by atoms with Crippen LogP contribution < -0.4 is 4.90 Å². The fourth-order valence-corrected chi connectivity index (χ4v) is 2.01. The zero-order valence-corrected chi connectivity index (χ0v) is 11.3. The Morgan fingerprint density at radius 3 is 2.40 bits per heavy atom. The van der Waals surface area contributed by atoms with Gasteiger partial charge in [0.1, 0.15) is 0 Å². The third-order valence-corrected chi connectivity index (χ3v) is 3.13. The van der Waals surface area contributed by atoms with Crippen LogP contribution in [-0.4, -0.2) is 18.1 Å². The Balaban J connectivity index is 2.44. The van der Waals surface area contributed by atoms with Crippen molar-refractivity contribution in [1.29, 1.82) is 5.26 Å². The summed E-state index contributed by atoms with van der Waals surface area (Å²) < 4.78 is 0. The van der Waals surface area contributed by atoms with Crippen molar-refractivity contribution in [2.45, 2.75) is 6.92 Å². The molecule has 0 aliphatic carbocycles. The van der Waals surface area contributed by atoms with Gasteiger partial charge in [0, 0.05) is 12.7 Å². The summed E-state index contributed by atoms with van der Waals surface area (Å²) >= 11 is 0. The number of hydrogen-bond acceptors (Lipinski definition) is 3. The van der Waals surface area contributed by atoms with Crippen molar-refractivity contribution in [2.75, 3.05) is 11.9 Å². The minimum absolute atomic E-state index is 0.261. The molecule has 0 spiro atoms. The Bertz CT molecular complexity index is 685. The number of aromatic carboxylic acids is 1. The first-order chi connectivity index (χ1) is 9.52. The van der Waals surface area contributed by atoms with Crippen LogP contribution in [0.25, 0.3) is 0 Å². The average molecular weight is 266 g/mol. The second kappa shape index (κ2) is 5.45. The van der Waals surface area contributed by atoms with Gasteiger partial charge in [-0.05, 0) is 43.3 Å². The molecule has 2 aromatic carbocycles. The molecule has 0 amide bonds. The summed E-state index contributed by atoms with van der Waals surface area (Å²) in [5.41, 5.74) is 3.18. The van der Waals surface area contributed by atoms with Gasteiger partial charge < -0.3 is 10.0 Å². The van der Waals surface area contributed by atoms with E-state index in [1.807, 2.05) is 13.0 Å². The number of carboxylic acids is 1. The molecule has 0 radical (unpaired) electrons. The summed E-state index contributed by atoms with van der Waals surface area (Å²) in [5.74, 6) is -0.954. The van der Waals surface area contributed by atoms with Crippen LogP contribution in [0, 0.1) is 18.3 Å². The lowest BCUT2D eigenvalue weighted by Crippen LogP contribution is -2.14. The summed E-state index contributed by atoms with van der Waals surface area (Å²) in [5, 5.41) is 18.1. The van der Waals surface area contributed by atoms with Gasteiger partial charge in [-0.25, -0.2) is 4.79 Å². The van der Waals surface area contributed by atoms with E-state index in [-0.39, 0.29) is 5.56 Å². The van der Waals surface area contributed by atoms with Crippen molar-refractivity contribution in [2.24, 2.45) is 0 Å². The maximum atomic E-state index is 11.3. The van der Waals surface area contributed by atoms with Crippen LogP contribution in [0.3, 0.4) is 0 Å². The molecule has 0 aliphatic heterocycles. The topological polar surface area (TPSA) is 64.3 Å². The van der Waals surface area contributed by atoms with Crippen molar-refractivity contribution in [3.63, 3.8) is 0 Å². The molecule has 0 unspecified atom stereocenters. The second-order valence-corrected chi connectivity index (χ2v) is 4.54. The number of carbonyl (C=O) groups is 1. The fourth-order valence-electron chi connectivity index (χ4n) is 2.01. The minimum atomic E-state index is -0.954. The first kappa shape index (κ1) is 13.6. The SMILES string of the molecule is Cc1ccc(N(C)c2ccc(C#N)cc2)c(C(=O)O)c1. The third-order valence-electron chi connectivity index (χ3n) is 3.13. The number of aryl methyl sites for hydroxylation is 1. The normalized spacial score (nSPS) is 9.85. The lowest BCUT2D eigenvalue weighted by atomic mass is 10.1. The quantitative estimate of drug-likeness (QED) is 0.925. The van der Waals surface area contributed by atoms with Crippen LogP contribution in [0.5, 0.6) is 0 Å². The minimum Gasteiger partial charge on any atom is -0.478 e. The third kappa shape index (κ3) is 2.62. The molecule has 100 valence electrons. The van der Waals surface area contributed by atoms with E-state index in [1.54, 1.807) is 48.3 Å². The van der Waals surface area contributed by atoms with Crippen LogP contribution in [0.4, 0.5) is 11.4 Å². The highest BCUT2D eigenvalue weighted by atomic mass is 16.4. The van der Waals surface area contributed by atoms with Gasteiger partial charge in [0.15, 0.2) is 0 Å². The van der Waals surface area contributed by atoms with E-state index in [1.165, 1.54) is 0 Å². The number of anilines is 2. The zero-order valence-electron chi connectivity index (χ0n) is 11.3. The van der Waals surface area contributed by atoms with Gasteiger partial charge in [0.05, 0.1) is 22.9 Å². The van der Waals surface area contributed by atoms with Gasteiger partial charge in [-0.3, -0.25) is 0 Å². The highest BCUT2D eigenvalue weighted by molar-refractivity contribution is 5.95. The molecular weight excluding hydrogens is 252 g/mol. The monoisotopic (exact) mass is 266 g/mol. The highest BCUT2D eigenvalue weighted by Gasteiger charge is 2.14. The lowest BCUT2D eigenvalue weighted by molar-refractivity contribution is 0.0697. The van der Waals surface area contributed by atoms with Crippen LogP contribution in [0.2, 0.25) is 0 Å². The predicted molar refractivity (Wildman–Crippen MR) is 77.4 cm³/mol. The van der Waals surface area contributed by atoms with Crippen LogP contribution in [0.15, 0.2) is 42.5 Å². The summed E-state index contributed by atoms with van der Waals surface area (Å²) in [7, 11) is 1.80. The number of nitrogens with zero attached hydrogens (tertiary/aromatic N) is 2. The molecule has 2 aromatic rings. The second-order valence-electron chi connectivity index (χ2n) is 4.54. The van der Waals surface area contributed by atoms with E-state index in [9.17, 15) is 9.90 Å². The summed E-state index contributed by atoms with van der Waals surface area (Å²) in [6, 6.07) is 14.4. The Morgan fingerprint density at radius 1 is 1.20 bits per heavy atom. The summed E-state index contributed by atoms with van der Waals surface area (Å²) in [4.78, 5) is 13.1. The maximum absolute atomic E-state index is 11.3. The van der Waals surface area contributed by atoms with Gasteiger partial charge in [-0.1, -0.05) is 11.6 Å². The highest BCUT2D eigenvalue weighted by Crippen LogP contribution is 2.28. The van der Waals surface area contributed by atoms with E-state index in [0.717, 1.165) is 11.3 Å². The molecule has 4 heteroatoms. The van der Waals surface area contributed by atoms with Crippen LogP contribution in [0.1, 0.15) is 21.5 Å². The summed E-state index contributed by atoms with van der Waals surface area (Å²) in [6.07, 6.45) is 0. The average Bonchev–Trinajstić information content (AvgIpc) is 2.46. The van der Waals surface area contributed by atoms with Gasteiger partial charge >= 0.3 is 5.97 Å². The molecule has 0 saturated carbocycles. The number of benzene rings is 2. The van der Waals surface area contributed by atoms with Crippen molar-refractivity contribution in [3.8, 4) is 6.07 Å². The molecule has 0 saturated heterocycles. The predicted octanol–water partition coefficient (Wildman–Crippen LogP) is 3.33. The number of nitriles is 1. The Labute approximate surface area is 117 Å².